The third-order valence-corrected chi connectivity index (χ3v) is 2.85. The van der Waals surface area contributed by atoms with Gasteiger partial charge < -0.3 is 19.5 Å². The number of ether oxygens (including phenoxy) is 3. The van der Waals surface area contributed by atoms with E-state index < -0.39 is 0 Å². The molecular weight excluding hydrogens is 266 g/mol. The van der Waals surface area contributed by atoms with Crippen LogP contribution in [0.15, 0.2) is 23.8 Å². The molecule has 0 bridgehead atoms. The fourth-order valence-corrected chi connectivity index (χ4v) is 1.92. The van der Waals surface area contributed by atoms with Crippen molar-refractivity contribution in [1.82, 2.24) is 5.32 Å². The molecule has 21 heavy (non-hydrogen) atoms. The normalized spacial score (nSPS) is 11.8. The van der Waals surface area contributed by atoms with Crippen molar-refractivity contribution in [1.29, 1.82) is 0 Å². The molecule has 0 atom stereocenters. The van der Waals surface area contributed by atoms with Gasteiger partial charge in [0.2, 0.25) is 0 Å². The van der Waals surface area contributed by atoms with Crippen LogP contribution in [0.4, 0.5) is 0 Å². The van der Waals surface area contributed by atoms with Gasteiger partial charge in [0.05, 0.1) is 19.8 Å². The molecule has 0 saturated carbocycles. The molecule has 0 aliphatic heterocycles. The molecule has 1 aromatic carbocycles. The smallest absolute Gasteiger partial charge is 0.161 e. The second kappa shape index (κ2) is 9.42. The van der Waals surface area contributed by atoms with Crippen molar-refractivity contribution in [3.05, 3.63) is 29.3 Å². The van der Waals surface area contributed by atoms with Crippen molar-refractivity contribution in [3.8, 4) is 11.5 Å². The third-order valence-electron chi connectivity index (χ3n) is 2.85. The molecule has 0 saturated heterocycles. The van der Waals surface area contributed by atoms with E-state index in [1.807, 2.05) is 32.0 Å². The summed E-state index contributed by atoms with van der Waals surface area (Å²) in [6.45, 7) is 8.53. The summed E-state index contributed by atoms with van der Waals surface area (Å²) < 4.78 is 16.1. The van der Waals surface area contributed by atoms with Gasteiger partial charge in [0.25, 0.3) is 0 Å². The molecular formula is C17H27NO3. The van der Waals surface area contributed by atoms with E-state index in [4.69, 9.17) is 14.2 Å². The van der Waals surface area contributed by atoms with Gasteiger partial charge in [0.15, 0.2) is 11.5 Å². The second-order valence-electron chi connectivity index (χ2n) is 5.24. The Labute approximate surface area is 128 Å². The maximum Gasteiger partial charge on any atom is 0.161 e. The zero-order valence-corrected chi connectivity index (χ0v) is 13.7. The van der Waals surface area contributed by atoms with Gasteiger partial charge in [-0.2, -0.15) is 0 Å². The van der Waals surface area contributed by atoms with Crippen LogP contribution in [-0.4, -0.2) is 40.0 Å². The van der Waals surface area contributed by atoms with Crippen LogP contribution in [-0.2, 0) is 4.74 Å². The first kappa shape index (κ1) is 17.5. The summed E-state index contributed by atoms with van der Waals surface area (Å²) in [5.41, 5.74) is 2.36. The zero-order valence-electron chi connectivity index (χ0n) is 13.7. The van der Waals surface area contributed by atoms with E-state index in [9.17, 15) is 0 Å². The first-order chi connectivity index (χ1) is 10.1. The molecule has 0 spiro atoms. The molecule has 0 radical (unpaired) electrons. The topological polar surface area (TPSA) is 39.7 Å². The number of hydrogen-bond acceptors (Lipinski definition) is 4. The summed E-state index contributed by atoms with van der Waals surface area (Å²) in [5.74, 6) is 1.54. The van der Waals surface area contributed by atoms with Crippen molar-refractivity contribution >= 4 is 6.08 Å². The summed E-state index contributed by atoms with van der Waals surface area (Å²) >= 11 is 0. The monoisotopic (exact) mass is 293 g/mol. The van der Waals surface area contributed by atoms with Crippen LogP contribution >= 0.6 is 0 Å². The number of methoxy groups -OCH3 is 2. The van der Waals surface area contributed by atoms with E-state index in [0.717, 1.165) is 36.8 Å². The van der Waals surface area contributed by atoms with E-state index in [-0.39, 0.29) is 6.10 Å². The van der Waals surface area contributed by atoms with Gasteiger partial charge in [-0.1, -0.05) is 17.7 Å². The molecule has 0 amide bonds. The maximum atomic E-state index is 5.72. The quantitative estimate of drug-likeness (QED) is 0.710. The lowest BCUT2D eigenvalue weighted by Crippen LogP contribution is -2.20. The minimum atomic E-state index is 0.131. The van der Waals surface area contributed by atoms with Crippen LogP contribution in [0.2, 0.25) is 0 Å². The Bertz CT molecular complexity index is 455. The maximum absolute atomic E-state index is 5.72. The van der Waals surface area contributed by atoms with Gasteiger partial charge in [-0.25, -0.2) is 0 Å². The molecule has 118 valence electrons. The number of hydrogen-bond donors (Lipinski definition) is 1. The van der Waals surface area contributed by atoms with Crippen LogP contribution < -0.4 is 14.8 Å². The average Bonchev–Trinajstić information content (AvgIpc) is 2.44. The lowest BCUT2D eigenvalue weighted by Gasteiger charge is -2.14. The van der Waals surface area contributed by atoms with E-state index in [0.29, 0.717) is 0 Å². The summed E-state index contributed by atoms with van der Waals surface area (Å²) in [5, 5.41) is 3.32. The van der Waals surface area contributed by atoms with E-state index in [1.54, 1.807) is 14.2 Å². The number of benzene rings is 1. The Morgan fingerprint density at radius 3 is 2.62 bits per heavy atom. The summed E-state index contributed by atoms with van der Waals surface area (Å²) in [6, 6.07) is 5.99. The van der Waals surface area contributed by atoms with Crippen LogP contribution in [0, 0.1) is 0 Å². The Morgan fingerprint density at radius 2 is 2.00 bits per heavy atom. The molecule has 1 aromatic rings. The molecule has 0 fully saturated rings. The van der Waals surface area contributed by atoms with Crippen molar-refractivity contribution in [2.75, 3.05) is 33.9 Å². The highest BCUT2D eigenvalue weighted by Gasteiger charge is 2.06. The first-order valence-corrected chi connectivity index (χ1v) is 7.28. The molecule has 0 unspecified atom stereocenters. The molecule has 0 aromatic heterocycles. The molecule has 1 N–H and O–H groups in total. The standard InChI is InChI=1S/C17H27NO3/c1-13(2)21-16-7-6-15(11-17(16)20-5)10-14(3)12-18-8-9-19-4/h6-7,10-11,13,18H,8-9,12H2,1-5H3. The Kier molecular flexibility index (Phi) is 7.87. The van der Waals surface area contributed by atoms with E-state index >= 15 is 0 Å². The van der Waals surface area contributed by atoms with Gasteiger partial charge in [-0.15, -0.1) is 0 Å². The predicted molar refractivity (Wildman–Crippen MR) is 87.2 cm³/mol. The SMILES string of the molecule is COCCNCC(C)=Cc1ccc(OC(C)C)c(OC)c1. The van der Waals surface area contributed by atoms with E-state index in [1.165, 1.54) is 5.57 Å². The number of rotatable bonds is 9. The largest absolute Gasteiger partial charge is 0.493 e. The highest BCUT2D eigenvalue weighted by Crippen LogP contribution is 2.29. The third kappa shape index (κ3) is 6.65. The summed E-state index contributed by atoms with van der Waals surface area (Å²) in [4.78, 5) is 0. The minimum Gasteiger partial charge on any atom is -0.493 e. The fourth-order valence-electron chi connectivity index (χ4n) is 1.92. The molecule has 0 aliphatic rings. The zero-order chi connectivity index (χ0) is 15.7. The van der Waals surface area contributed by atoms with Crippen LogP contribution in [0.5, 0.6) is 11.5 Å². The highest BCUT2D eigenvalue weighted by atomic mass is 16.5. The van der Waals surface area contributed by atoms with E-state index in [2.05, 4.69) is 18.3 Å². The van der Waals surface area contributed by atoms with Crippen LogP contribution in [0.1, 0.15) is 26.3 Å². The fraction of sp³-hybridized carbons (Fsp3) is 0.529. The molecule has 4 nitrogen and oxygen atoms in total. The molecule has 0 heterocycles. The molecule has 0 aliphatic carbocycles. The van der Waals surface area contributed by atoms with Crippen molar-refractivity contribution in [2.45, 2.75) is 26.9 Å². The highest BCUT2D eigenvalue weighted by molar-refractivity contribution is 5.58. The second-order valence-corrected chi connectivity index (χ2v) is 5.24. The van der Waals surface area contributed by atoms with Crippen LogP contribution in [0.25, 0.3) is 6.08 Å². The van der Waals surface area contributed by atoms with Crippen molar-refractivity contribution in [3.63, 3.8) is 0 Å². The lowest BCUT2D eigenvalue weighted by molar-refractivity contribution is 0.200. The summed E-state index contributed by atoms with van der Waals surface area (Å²) in [6.07, 6.45) is 2.27. The summed E-state index contributed by atoms with van der Waals surface area (Å²) in [7, 11) is 3.37. The van der Waals surface area contributed by atoms with Gasteiger partial charge in [-0.3, -0.25) is 0 Å². The average molecular weight is 293 g/mol. The van der Waals surface area contributed by atoms with Crippen molar-refractivity contribution in [2.24, 2.45) is 0 Å². The van der Waals surface area contributed by atoms with Gasteiger partial charge in [0, 0.05) is 20.2 Å². The molecule has 4 heteroatoms. The van der Waals surface area contributed by atoms with Gasteiger partial charge >= 0.3 is 0 Å². The van der Waals surface area contributed by atoms with Gasteiger partial charge in [-0.05, 0) is 38.5 Å². The van der Waals surface area contributed by atoms with Gasteiger partial charge in [0.1, 0.15) is 0 Å². The Morgan fingerprint density at radius 1 is 1.24 bits per heavy atom. The Hall–Kier alpha value is -1.52. The molecule has 1 rings (SSSR count). The van der Waals surface area contributed by atoms with Crippen molar-refractivity contribution < 1.29 is 14.2 Å². The Balaban J connectivity index is 2.70. The lowest BCUT2D eigenvalue weighted by atomic mass is 10.1. The predicted octanol–water partition coefficient (Wildman–Crippen LogP) is 3.12. The minimum absolute atomic E-state index is 0.131. The first-order valence-electron chi connectivity index (χ1n) is 7.28. The number of nitrogens with one attached hydrogen (secondary N) is 1. The van der Waals surface area contributed by atoms with Crippen LogP contribution in [0.3, 0.4) is 0 Å².